The Balaban J connectivity index is 3.18. The summed E-state index contributed by atoms with van der Waals surface area (Å²) in [5, 5.41) is 12.6. The van der Waals surface area contributed by atoms with Gasteiger partial charge < -0.3 is 5.21 Å². The predicted octanol–water partition coefficient (Wildman–Crippen LogP) is 3.19. The fraction of sp³-hybridized carbons (Fsp3) is 0.125. The standard InChI is InChI=1S/C8H7Cl2NO/c1-5(11-12)7-3-2-6(9)4-8(7)10/h2-4,12H,1H3/b11-5+. The Hall–Kier alpha value is -0.730. The normalized spacial score (nSPS) is 11.8. The molecule has 12 heavy (non-hydrogen) atoms. The SMILES string of the molecule is C/C(=N\O)c1ccc(Cl)cc1Cl. The van der Waals surface area contributed by atoms with Gasteiger partial charge in [-0.25, -0.2) is 0 Å². The van der Waals surface area contributed by atoms with Crippen LogP contribution in [0.1, 0.15) is 12.5 Å². The van der Waals surface area contributed by atoms with E-state index in [0.717, 1.165) is 0 Å². The molecular weight excluding hydrogens is 197 g/mol. The molecule has 0 saturated carbocycles. The molecule has 1 rings (SSSR count). The summed E-state index contributed by atoms with van der Waals surface area (Å²) in [7, 11) is 0. The molecule has 0 aliphatic rings. The molecule has 0 aromatic heterocycles. The number of rotatable bonds is 1. The average molecular weight is 204 g/mol. The highest BCUT2D eigenvalue weighted by molar-refractivity contribution is 6.36. The van der Waals surface area contributed by atoms with Crippen LogP contribution in [0.4, 0.5) is 0 Å². The lowest BCUT2D eigenvalue weighted by Gasteiger charge is -2.01. The number of benzene rings is 1. The first-order valence-electron chi connectivity index (χ1n) is 3.29. The Morgan fingerprint density at radius 1 is 1.42 bits per heavy atom. The molecule has 2 nitrogen and oxygen atoms in total. The third-order valence-corrected chi connectivity index (χ3v) is 2.02. The molecule has 0 unspecified atom stereocenters. The summed E-state index contributed by atoms with van der Waals surface area (Å²) in [6.07, 6.45) is 0. The van der Waals surface area contributed by atoms with Crippen LogP contribution in [-0.2, 0) is 0 Å². The maximum absolute atomic E-state index is 8.48. The topological polar surface area (TPSA) is 32.6 Å². The number of oxime groups is 1. The van der Waals surface area contributed by atoms with Gasteiger partial charge in [-0.15, -0.1) is 0 Å². The fourth-order valence-corrected chi connectivity index (χ4v) is 1.38. The van der Waals surface area contributed by atoms with E-state index >= 15 is 0 Å². The lowest BCUT2D eigenvalue weighted by molar-refractivity contribution is 0.319. The molecule has 0 radical (unpaired) electrons. The molecular formula is C8H7Cl2NO. The lowest BCUT2D eigenvalue weighted by Crippen LogP contribution is -1.94. The molecule has 0 aliphatic heterocycles. The number of nitrogens with zero attached hydrogens (tertiary/aromatic N) is 1. The summed E-state index contributed by atoms with van der Waals surface area (Å²) in [5.74, 6) is 0. The highest BCUT2D eigenvalue weighted by Gasteiger charge is 2.03. The third kappa shape index (κ3) is 1.90. The van der Waals surface area contributed by atoms with Gasteiger partial charge in [-0.05, 0) is 19.1 Å². The maximum atomic E-state index is 8.48. The van der Waals surface area contributed by atoms with Crippen LogP contribution in [0.5, 0.6) is 0 Å². The molecule has 1 N–H and O–H groups in total. The zero-order valence-electron chi connectivity index (χ0n) is 6.38. The van der Waals surface area contributed by atoms with Gasteiger partial charge in [0.05, 0.1) is 10.7 Å². The van der Waals surface area contributed by atoms with Crippen molar-refractivity contribution < 1.29 is 5.21 Å². The summed E-state index contributed by atoms with van der Waals surface area (Å²) in [6.45, 7) is 1.66. The Morgan fingerprint density at radius 2 is 2.08 bits per heavy atom. The van der Waals surface area contributed by atoms with Crippen LogP contribution in [0.15, 0.2) is 23.4 Å². The van der Waals surface area contributed by atoms with Crippen LogP contribution in [-0.4, -0.2) is 10.9 Å². The summed E-state index contributed by atoms with van der Waals surface area (Å²) in [5.41, 5.74) is 1.15. The molecule has 1 aromatic rings. The van der Waals surface area contributed by atoms with Crippen molar-refractivity contribution in [3.8, 4) is 0 Å². The van der Waals surface area contributed by atoms with Crippen LogP contribution >= 0.6 is 23.2 Å². The van der Waals surface area contributed by atoms with Crippen molar-refractivity contribution in [3.63, 3.8) is 0 Å². The van der Waals surface area contributed by atoms with E-state index in [2.05, 4.69) is 5.16 Å². The van der Waals surface area contributed by atoms with Gasteiger partial charge in [-0.2, -0.15) is 0 Å². The van der Waals surface area contributed by atoms with E-state index in [1.165, 1.54) is 0 Å². The second-order valence-electron chi connectivity index (χ2n) is 2.31. The number of hydrogen-bond donors (Lipinski definition) is 1. The monoisotopic (exact) mass is 203 g/mol. The molecule has 0 aliphatic carbocycles. The van der Waals surface area contributed by atoms with Gasteiger partial charge in [-0.1, -0.05) is 34.4 Å². The Labute approximate surface area is 80.4 Å². The van der Waals surface area contributed by atoms with E-state index < -0.39 is 0 Å². The first-order chi connectivity index (χ1) is 5.65. The maximum Gasteiger partial charge on any atom is 0.0851 e. The highest BCUT2D eigenvalue weighted by Crippen LogP contribution is 2.21. The van der Waals surface area contributed by atoms with Crippen molar-refractivity contribution in [2.75, 3.05) is 0 Å². The molecule has 0 atom stereocenters. The smallest absolute Gasteiger partial charge is 0.0851 e. The Morgan fingerprint density at radius 3 is 2.58 bits per heavy atom. The molecule has 0 heterocycles. The van der Waals surface area contributed by atoms with E-state index in [4.69, 9.17) is 28.4 Å². The van der Waals surface area contributed by atoms with E-state index in [1.54, 1.807) is 25.1 Å². The van der Waals surface area contributed by atoms with Gasteiger partial charge in [0.15, 0.2) is 0 Å². The Bertz CT molecular complexity index is 323. The van der Waals surface area contributed by atoms with Crippen LogP contribution in [0.25, 0.3) is 0 Å². The van der Waals surface area contributed by atoms with Gasteiger partial charge in [0.1, 0.15) is 0 Å². The summed E-state index contributed by atoms with van der Waals surface area (Å²) < 4.78 is 0. The van der Waals surface area contributed by atoms with Crippen molar-refractivity contribution in [2.24, 2.45) is 5.16 Å². The van der Waals surface area contributed by atoms with Crippen LogP contribution in [0.3, 0.4) is 0 Å². The van der Waals surface area contributed by atoms with Crippen LogP contribution in [0.2, 0.25) is 10.0 Å². The fourth-order valence-electron chi connectivity index (χ4n) is 0.837. The van der Waals surface area contributed by atoms with Crippen molar-refractivity contribution in [2.45, 2.75) is 6.92 Å². The van der Waals surface area contributed by atoms with Gasteiger partial charge in [0, 0.05) is 10.6 Å². The van der Waals surface area contributed by atoms with E-state index in [0.29, 0.717) is 21.3 Å². The molecule has 4 heteroatoms. The summed E-state index contributed by atoms with van der Waals surface area (Å²) in [4.78, 5) is 0. The first-order valence-corrected chi connectivity index (χ1v) is 4.05. The molecule has 64 valence electrons. The molecule has 0 bridgehead atoms. The second kappa shape index (κ2) is 3.78. The number of halogens is 2. The van der Waals surface area contributed by atoms with E-state index in [9.17, 15) is 0 Å². The van der Waals surface area contributed by atoms with Crippen molar-refractivity contribution in [3.05, 3.63) is 33.8 Å². The minimum Gasteiger partial charge on any atom is -0.411 e. The van der Waals surface area contributed by atoms with Gasteiger partial charge in [0.25, 0.3) is 0 Å². The highest BCUT2D eigenvalue weighted by atomic mass is 35.5. The van der Waals surface area contributed by atoms with Crippen molar-refractivity contribution in [1.82, 2.24) is 0 Å². The minimum absolute atomic E-state index is 0.469. The molecule has 0 amide bonds. The van der Waals surface area contributed by atoms with Crippen molar-refractivity contribution >= 4 is 28.9 Å². The van der Waals surface area contributed by atoms with E-state index in [1.807, 2.05) is 0 Å². The van der Waals surface area contributed by atoms with Crippen LogP contribution in [0, 0.1) is 0 Å². The van der Waals surface area contributed by atoms with Gasteiger partial charge in [-0.3, -0.25) is 0 Å². The summed E-state index contributed by atoms with van der Waals surface area (Å²) in [6, 6.07) is 5.00. The lowest BCUT2D eigenvalue weighted by atomic mass is 10.1. The molecule has 0 spiro atoms. The molecule has 0 fully saturated rings. The minimum atomic E-state index is 0.469. The third-order valence-electron chi connectivity index (χ3n) is 1.47. The van der Waals surface area contributed by atoms with Crippen molar-refractivity contribution in [1.29, 1.82) is 0 Å². The van der Waals surface area contributed by atoms with Gasteiger partial charge in [0.2, 0.25) is 0 Å². The molecule has 0 saturated heterocycles. The number of hydrogen-bond acceptors (Lipinski definition) is 2. The van der Waals surface area contributed by atoms with E-state index in [-0.39, 0.29) is 0 Å². The zero-order chi connectivity index (χ0) is 9.14. The first kappa shape index (κ1) is 9.36. The Kier molecular flexibility index (Phi) is 2.95. The zero-order valence-corrected chi connectivity index (χ0v) is 7.89. The average Bonchev–Trinajstić information content (AvgIpc) is 2.03. The largest absolute Gasteiger partial charge is 0.411 e. The predicted molar refractivity (Wildman–Crippen MR) is 50.5 cm³/mol. The van der Waals surface area contributed by atoms with Crippen LogP contribution < -0.4 is 0 Å². The molecule has 1 aromatic carbocycles. The van der Waals surface area contributed by atoms with Gasteiger partial charge >= 0.3 is 0 Å². The quantitative estimate of drug-likeness (QED) is 0.425. The summed E-state index contributed by atoms with van der Waals surface area (Å²) >= 11 is 11.5. The second-order valence-corrected chi connectivity index (χ2v) is 3.15.